The second kappa shape index (κ2) is 6.23. The summed E-state index contributed by atoms with van der Waals surface area (Å²) in [5, 5.41) is 0. The van der Waals surface area contributed by atoms with Gasteiger partial charge in [-0.15, -0.1) is 0 Å². The van der Waals surface area contributed by atoms with Gasteiger partial charge in [0.2, 0.25) is 5.91 Å². The van der Waals surface area contributed by atoms with E-state index >= 15 is 0 Å². The number of amides is 1. The molecule has 0 bridgehead atoms. The lowest BCUT2D eigenvalue weighted by atomic mass is 9.85. The lowest BCUT2D eigenvalue weighted by molar-refractivity contribution is -0.124. The Kier molecular flexibility index (Phi) is 4.85. The highest BCUT2D eigenvalue weighted by atomic mass is 16.5. The van der Waals surface area contributed by atoms with Gasteiger partial charge >= 0.3 is 0 Å². The Morgan fingerprint density at radius 3 is 2.68 bits per heavy atom. The first-order valence-electron chi connectivity index (χ1n) is 7.74. The second-order valence-corrected chi connectivity index (χ2v) is 6.45. The van der Waals surface area contributed by atoms with Crippen LogP contribution in [0.4, 0.5) is 0 Å². The summed E-state index contributed by atoms with van der Waals surface area (Å²) in [7, 11) is 0. The quantitative estimate of drug-likeness (QED) is 0.800. The molecule has 4 nitrogen and oxygen atoms in total. The van der Waals surface area contributed by atoms with E-state index in [1.54, 1.807) is 0 Å². The molecule has 4 unspecified atom stereocenters. The molecule has 0 saturated heterocycles. The van der Waals surface area contributed by atoms with Crippen LogP contribution in [0.15, 0.2) is 0 Å². The van der Waals surface area contributed by atoms with Crippen molar-refractivity contribution >= 4 is 5.91 Å². The van der Waals surface area contributed by atoms with Crippen LogP contribution in [0.5, 0.6) is 0 Å². The molecule has 0 aromatic carbocycles. The maximum absolute atomic E-state index is 11.5. The SMILES string of the molecule is CC1CCCCC1OCCC1CCCC1(N)C(N)=O. The number of carbonyl (C=O) groups excluding carboxylic acids is 1. The Morgan fingerprint density at radius 1 is 1.26 bits per heavy atom. The Morgan fingerprint density at radius 2 is 2.00 bits per heavy atom. The van der Waals surface area contributed by atoms with E-state index in [0.29, 0.717) is 18.6 Å². The normalized spacial score (nSPS) is 39.4. The van der Waals surface area contributed by atoms with Crippen molar-refractivity contribution in [3.63, 3.8) is 0 Å². The predicted molar refractivity (Wildman–Crippen MR) is 75.4 cm³/mol. The largest absolute Gasteiger partial charge is 0.378 e. The van der Waals surface area contributed by atoms with E-state index in [9.17, 15) is 4.79 Å². The van der Waals surface area contributed by atoms with Crippen molar-refractivity contribution in [1.29, 1.82) is 0 Å². The molecule has 0 aliphatic heterocycles. The highest BCUT2D eigenvalue weighted by Gasteiger charge is 2.44. The highest BCUT2D eigenvalue weighted by molar-refractivity contribution is 5.85. The summed E-state index contributed by atoms with van der Waals surface area (Å²) in [4.78, 5) is 11.5. The number of hydrogen-bond acceptors (Lipinski definition) is 3. The van der Waals surface area contributed by atoms with E-state index in [2.05, 4.69) is 6.92 Å². The summed E-state index contributed by atoms with van der Waals surface area (Å²) in [6.45, 7) is 2.99. The standard InChI is InChI=1S/C15H28N2O2/c1-11-5-2-3-7-13(11)19-10-8-12-6-4-9-15(12,17)14(16)18/h11-13H,2-10,17H2,1H3,(H2,16,18). The summed E-state index contributed by atoms with van der Waals surface area (Å²) in [5.41, 5.74) is 10.8. The van der Waals surface area contributed by atoms with Crippen molar-refractivity contribution in [1.82, 2.24) is 0 Å². The van der Waals surface area contributed by atoms with Gasteiger partial charge in [-0.1, -0.05) is 26.2 Å². The third-order valence-corrected chi connectivity index (χ3v) is 5.16. The molecule has 2 rings (SSSR count). The van der Waals surface area contributed by atoms with Gasteiger partial charge in [-0.05, 0) is 43.9 Å². The second-order valence-electron chi connectivity index (χ2n) is 6.45. The van der Waals surface area contributed by atoms with Gasteiger partial charge in [0, 0.05) is 6.61 Å². The van der Waals surface area contributed by atoms with Crippen LogP contribution in [-0.2, 0) is 9.53 Å². The third-order valence-electron chi connectivity index (χ3n) is 5.16. The van der Waals surface area contributed by atoms with Crippen molar-refractivity contribution in [3.05, 3.63) is 0 Å². The lowest BCUT2D eigenvalue weighted by Gasteiger charge is -2.31. The van der Waals surface area contributed by atoms with Crippen LogP contribution in [0.3, 0.4) is 0 Å². The number of carbonyl (C=O) groups is 1. The zero-order valence-corrected chi connectivity index (χ0v) is 12.1. The van der Waals surface area contributed by atoms with Crippen molar-refractivity contribution in [2.45, 2.75) is 69.9 Å². The molecule has 2 aliphatic rings. The van der Waals surface area contributed by atoms with E-state index in [1.807, 2.05) is 0 Å². The van der Waals surface area contributed by atoms with Gasteiger partial charge in [-0.2, -0.15) is 0 Å². The van der Waals surface area contributed by atoms with Crippen LogP contribution in [-0.4, -0.2) is 24.2 Å². The minimum absolute atomic E-state index is 0.198. The highest BCUT2D eigenvalue weighted by Crippen LogP contribution is 2.36. The monoisotopic (exact) mass is 268 g/mol. The first kappa shape index (κ1) is 14.8. The maximum atomic E-state index is 11.5. The molecule has 0 aromatic heterocycles. The Balaban J connectivity index is 1.77. The molecule has 1 amide bonds. The molecule has 2 aliphatic carbocycles. The molecular formula is C15H28N2O2. The Labute approximate surface area is 116 Å². The minimum Gasteiger partial charge on any atom is -0.378 e. The van der Waals surface area contributed by atoms with Crippen LogP contribution in [0.1, 0.15) is 58.3 Å². The van der Waals surface area contributed by atoms with Gasteiger partial charge in [0.1, 0.15) is 0 Å². The Hall–Kier alpha value is -0.610. The van der Waals surface area contributed by atoms with E-state index in [4.69, 9.17) is 16.2 Å². The molecule has 0 aromatic rings. The maximum Gasteiger partial charge on any atom is 0.237 e. The average Bonchev–Trinajstić information content (AvgIpc) is 2.75. The Bertz CT molecular complexity index is 321. The van der Waals surface area contributed by atoms with Crippen molar-refractivity contribution in [3.8, 4) is 0 Å². The molecule has 0 radical (unpaired) electrons. The topological polar surface area (TPSA) is 78.3 Å². The smallest absolute Gasteiger partial charge is 0.237 e. The summed E-state index contributed by atoms with van der Waals surface area (Å²) < 4.78 is 6.02. The summed E-state index contributed by atoms with van der Waals surface area (Å²) in [6, 6.07) is 0. The van der Waals surface area contributed by atoms with Gasteiger partial charge in [0.25, 0.3) is 0 Å². The third kappa shape index (κ3) is 3.29. The fourth-order valence-electron chi connectivity index (χ4n) is 3.72. The number of primary amides is 1. The molecule has 0 heterocycles. The molecule has 0 spiro atoms. The molecule has 4 heteroatoms. The molecular weight excluding hydrogens is 240 g/mol. The van der Waals surface area contributed by atoms with E-state index in [1.165, 1.54) is 25.7 Å². The molecule has 2 saturated carbocycles. The van der Waals surface area contributed by atoms with E-state index in [-0.39, 0.29) is 11.8 Å². The van der Waals surface area contributed by atoms with Gasteiger partial charge in [-0.3, -0.25) is 4.79 Å². The average molecular weight is 268 g/mol. The number of rotatable bonds is 5. The molecule has 4 atom stereocenters. The number of hydrogen-bond donors (Lipinski definition) is 2. The molecule has 4 N–H and O–H groups in total. The van der Waals surface area contributed by atoms with Crippen molar-refractivity contribution in [2.75, 3.05) is 6.61 Å². The van der Waals surface area contributed by atoms with Crippen molar-refractivity contribution < 1.29 is 9.53 Å². The van der Waals surface area contributed by atoms with Gasteiger partial charge in [-0.25, -0.2) is 0 Å². The number of nitrogens with two attached hydrogens (primary N) is 2. The zero-order chi connectivity index (χ0) is 13.9. The fraction of sp³-hybridized carbons (Fsp3) is 0.933. The van der Waals surface area contributed by atoms with E-state index < -0.39 is 5.54 Å². The van der Waals surface area contributed by atoms with Gasteiger partial charge in [0.05, 0.1) is 11.6 Å². The van der Waals surface area contributed by atoms with Crippen LogP contribution in [0.2, 0.25) is 0 Å². The lowest BCUT2D eigenvalue weighted by Crippen LogP contribution is -2.54. The van der Waals surface area contributed by atoms with Crippen LogP contribution in [0.25, 0.3) is 0 Å². The summed E-state index contributed by atoms with van der Waals surface area (Å²) >= 11 is 0. The predicted octanol–water partition coefficient (Wildman–Crippen LogP) is 1.95. The van der Waals surface area contributed by atoms with Gasteiger partial charge < -0.3 is 16.2 Å². The summed E-state index contributed by atoms with van der Waals surface area (Å²) in [5.74, 6) is 0.515. The van der Waals surface area contributed by atoms with E-state index in [0.717, 1.165) is 25.7 Å². The van der Waals surface area contributed by atoms with Crippen LogP contribution >= 0.6 is 0 Å². The first-order chi connectivity index (χ1) is 9.04. The van der Waals surface area contributed by atoms with Crippen LogP contribution < -0.4 is 11.5 Å². The molecule has 2 fully saturated rings. The summed E-state index contributed by atoms with van der Waals surface area (Å²) in [6.07, 6.45) is 9.06. The fourth-order valence-corrected chi connectivity index (χ4v) is 3.72. The number of ether oxygens (including phenoxy) is 1. The van der Waals surface area contributed by atoms with Crippen molar-refractivity contribution in [2.24, 2.45) is 23.3 Å². The minimum atomic E-state index is -0.790. The first-order valence-corrected chi connectivity index (χ1v) is 7.74. The molecule has 19 heavy (non-hydrogen) atoms. The van der Waals surface area contributed by atoms with Gasteiger partial charge in [0.15, 0.2) is 0 Å². The van der Waals surface area contributed by atoms with Crippen LogP contribution in [0, 0.1) is 11.8 Å². The zero-order valence-electron chi connectivity index (χ0n) is 12.1. The molecule has 110 valence electrons.